The van der Waals surface area contributed by atoms with Gasteiger partial charge in [-0.05, 0) is 37.2 Å². The van der Waals surface area contributed by atoms with Crippen molar-refractivity contribution in [3.05, 3.63) is 41.0 Å². The summed E-state index contributed by atoms with van der Waals surface area (Å²) in [5.74, 6) is 1.91. The summed E-state index contributed by atoms with van der Waals surface area (Å²) in [6, 6.07) is 10.2. The van der Waals surface area contributed by atoms with Gasteiger partial charge in [-0.25, -0.2) is 4.98 Å². The molecule has 2 heterocycles. The van der Waals surface area contributed by atoms with Crippen molar-refractivity contribution >= 4 is 54.1 Å². The number of hydrogen-bond acceptors (Lipinski definition) is 6. The summed E-state index contributed by atoms with van der Waals surface area (Å²) in [5, 5.41) is 1.56. The van der Waals surface area contributed by atoms with Crippen molar-refractivity contribution in [3.8, 4) is 10.4 Å². The fourth-order valence-corrected chi connectivity index (χ4v) is 5.25. The standard InChI is InChI=1S/C19H23N3OS.CH3Cl.CH4S2/c1-10-14-9-22(17(11(2)20)15(10)14)19(23)16-18(24-12(3)21-16)13-7-5-4-6-8-13;1-2;2-1-3/h4-8,10-11,14-15,17H,9,20H2,1-3H3;1H3;2-3H,1H2/t10-,11?,14?,15?,17?;;/m1../s1. The number of piperidine rings is 1. The molecule has 1 aromatic carbocycles. The Morgan fingerprint density at radius 3 is 2.48 bits per heavy atom. The van der Waals surface area contributed by atoms with Gasteiger partial charge in [0.1, 0.15) is 5.69 Å². The highest BCUT2D eigenvalue weighted by atomic mass is 35.5. The summed E-state index contributed by atoms with van der Waals surface area (Å²) in [7, 11) is 0. The van der Waals surface area contributed by atoms with Gasteiger partial charge in [0.15, 0.2) is 0 Å². The van der Waals surface area contributed by atoms with Crippen LogP contribution in [0.25, 0.3) is 10.4 Å². The van der Waals surface area contributed by atoms with Crippen molar-refractivity contribution in [1.29, 1.82) is 0 Å². The van der Waals surface area contributed by atoms with Crippen molar-refractivity contribution < 1.29 is 4.79 Å². The molecular formula is C21H30ClN3OS3. The molecule has 8 heteroatoms. The molecular weight excluding hydrogens is 442 g/mol. The van der Waals surface area contributed by atoms with Crippen LogP contribution in [0.5, 0.6) is 0 Å². The van der Waals surface area contributed by atoms with Gasteiger partial charge in [0, 0.05) is 24.1 Å². The first-order valence-electron chi connectivity index (χ1n) is 9.59. The lowest BCUT2D eigenvalue weighted by molar-refractivity contribution is 0.0670. The van der Waals surface area contributed by atoms with Crippen molar-refractivity contribution in [2.24, 2.45) is 23.5 Å². The second kappa shape index (κ2) is 11.0. The van der Waals surface area contributed by atoms with Crippen molar-refractivity contribution in [1.82, 2.24) is 9.88 Å². The average molecular weight is 472 g/mol. The predicted octanol–water partition coefficient (Wildman–Crippen LogP) is 4.83. The quantitative estimate of drug-likeness (QED) is 0.341. The minimum Gasteiger partial charge on any atom is -0.332 e. The summed E-state index contributed by atoms with van der Waals surface area (Å²) >= 11 is 13.5. The molecule has 1 aliphatic carbocycles. The van der Waals surface area contributed by atoms with Crippen molar-refractivity contribution in [3.63, 3.8) is 0 Å². The van der Waals surface area contributed by atoms with Crippen molar-refractivity contribution in [2.75, 3.05) is 18.0 Å². The largest absolute Gasteiger partial charge is 0.332 e. The maximum atomic E-state index is 13.3. The number of carbonyl (C=O) groups excluding carboxylic acids is 1. The monoisotopic (exact) mass is 471 g/mol. The van der Waals surface area contributed by atoms with Gasteiger partial charge < -0.3 is 10.6 Å². The second-order valence-electron chi connectivity index (χ2n) is 7.33. The Hall–Kier alpha value is -0.730. The molecule has 0 bridgehead atoms. The molecule has 4 nitrogen and oxygen atoms in total. The molecule has 1 saturated carbocycles. The summed E-state index contributed by atoms with van der Waals surface area (Å²) in [6.07, 6.45) is 1.47. The zero-order valence-corrected chi connectivity index (χ0v) is 20.6. The van der Waals surface area contributed by atoms with E-state index < -0.39 is 0 Å². The first-order valence-corrected chi connectivity index (χ1v) is 12.4. The number of hydrogen-bond donors (Lipinski definition) is 3. The molecule has 4 rings (SSSR count). The number of amides is 1. The number of likely N-dealkylation sites (tertiary alicyclic amines) is 1. The number of carbonyl (C=O) groups is 1. The van der Waals surface area contributed by atoms with Gasteiger partial charge in [0.25, 0.3) is 5.91 Å². The summed E-state index contributed by atoms with van der Waals surface area (Å²) < 4.78 is 0. The van der Waals surface area contributed by atoms with Gasteiger partial charge in [-0.1, -0.05) is 37.3 Å². The van der Waals surface area contributed by atoms with E-state index in [4.69, 9.17) is 5.73 Å². The third kappa shape index (κ3) is 5.31. The topological polar surface area (TPSA) is 59.2 Å². The maximum absolute atomic E-state index is 13.3. The molecule has 0 radical (unpaired) electrons. The highest BCUT2D eigenvalue weighted by Crippen LogP contribution is 2.56. The first kappa shape index (κ1) is 24.5. The molecule has 160 valence electrons. The third-order valence-electron chi connectivity index (χ3n) is 5.57. The number of aromatic nitrogens is 1. The smallest absolute Gasteiger partial charge is 0.274 e. The number of nitrogens with zero attached hydrogens (tertiary/aromatic N) is 2. The normalized spacial score (nSPS) is 25.2. The van der Waals surface area contributed by atoms with Crippen LogP contribution in [-0.2, 0) is 0 Å². The van der Waals surface area contributed by atoms with Crippen molar-refractivity contribution in [2.45, 2.75) is 32.9 Å². The van der Waals surface area contributed by atoms with E-state index in [2.05, 4.69) is 48.8 Å². The van der Waals surface area contributed by atoms with E-state index in [9.17, 15) is 4.79 Å². The number of alkyl halides is 1. The summed E-state index contributed by atoms with van der Waals surface area (Å²) in [5.41, 5.74) is 7.87. The molecule has 2 fully saturated rings. The average Bonchev–Trinajstić information content (AvgIpc) is 3.06. The van der Waals surface area contributed by atoms with Gasteiger partial charge in [0.05, 0.1) is 15.9 Å². The van der Waals surface area contributed by atoms with E-state index in [-0.39, 0.29) is 18.0 Å². The number of thiazole rings is 1. The molecule has 1 saturated heterocycles. The zero-order valence-electron chi connectivity index (χ0n) is 17.2. The number of benzene rings is 1. The van der Waals surface area contributed by atoms with Crippen LogP contribution in [0.15, 0.2) is 30.3 Å². The van der Waals surface area contributed by atoms with E-state index in [0.717, 1.165) is 22.0 Å². The molecule has 1 aromatic heterocycles. The molecule has 2 aromatic rings. The molecule has 5 atom stereocenters. The second-order valence-corrected chi connectivity index (χ2v) is 9.66. The van der Waals surface area contributed by atoms with Crippen LogP contribution < -0.4 is 5.73 Å². The number of halogens is 1. The van der Waals surface area contributed by atoms with Crippen LogP contribution in [0.1, 0.15) is 29.3 Å². The van der Waals surface area contributed by atoms with E-state index >= 15 is 0 Å². The van der Waals surface area contributed by atoms with Crippen LogP contribution >= 0.6 is 48.2 Å². The number of aryl methyl sites for hydroxylation is 1. The highest BCUT2D eigenvalue weighted by Gasteiger charge is 2.60. The lowest BCUT2D eigenvalue weighted by Crippen LogP contribution is -2.48. The van der Waals surface area contributed by atoms with E-state index in [1.54, 1.807) is 11.3 Å². The predicted molar refractivity (Wildman–Crippen MR) is 132 cm³/mol. The zero-order chi connectivity index (χ0) is 21.7. The van der Waals surface area contributed by atoms with Gasteiger partial charge in [-0.2, -0.15) is 25.3 Å². The number of fused-ring (bicyclic) bond motifs is 1. The number of thiol groups is 2. The lowest BCUT2D eigenvalue weighted by atomic mass is 10.0. The third-order valence-corrected chi connectivity index (χ3v) is 6.59. The first-order chi connectivity index (χ1) is 13.9. The summed E-state index contributed by atoms with van der Waals surface area (Å²) in [4.78, 5) is 20.8. The Morgan fingerprint density at radius 2 is 1.93 bits per heavy atom. The lowest BCUT2D eigenvalue weighted by Gasteiger charge is -2.31. The molecule has 1 amide bonds. The summed E-state index contributed by atoms with van der Waals surface area (Å²) in [6.45, 7) is 7.07. The van der Waals surface area contributed by atoms with E-state index in [1.165, 1.54) is 6.38 Å². The minimum atomic E-state index is -0.00573. The molecule has 4 unspecified atom stereocenters. The molecule has 1 aliphatic heterocycles. The maximum Gasteiger partial charge on any atom is 0.274 e. The van der Waals surface area contributed by atoms with E-state index in [0.29, 0.717) is 28.5 Å². The van der Waals surface area contributed by atoms with Gasteiger partial charge in [-0.3, -0.25) is 4.79 Å². The Balaban J connectivity index is 0.000000551. The van der Waals surface area contributed by atoms with Crippen LogP contribution in [0.3, 0.4) is 0 Å². The van der Waals surface area contributed by atoms with Crippen LogP contribution in [0.4, 0.5) is 0 Å². The minimum absolute atomic E-state index is 0.00573. The van der Waals surface area contributed by atoms with Gasteiger partial charge in [0.2, 0.25) is 0 Å². The Morgan fingerprint density at radius 1 is 1.34 bits per heavy atom. The fraction of sp³-hybridized carbons (Fsp3) is 0.524. The molecule has 0 spiro atoms. The molecule has 2 aliphatic rings. The van der Waals surface area contributed by atoms with Crippen LogP contribution in [-0.4, -0.2) is 45.9 Å². The SMILES string of the molecule is CCl.Cc1nc(C(=O)N2CC3C(C2C(C)N)[C@@H]3C)c(-c2ccccc2)s1.SCS. The molecule has 2 N–H and O–H groups in total. The molecule has 29 heavy (non-hydrogen) atoms. The Bertz CT molecular complexity index is 800. The van der Waals surface area contributed by atoms with Gasteiger partial charge in [-0.15, -0.1) is 22.9 Å². The fourth-order valence-electron chi connectivity index (χ4n) is 4.33. The number of rotatable bonds is 3. The van der Waals surface area contributed by atoms with Crippen LogP contribution in [0, 0.1) is 24.7 Å². The van der Waals surface area contributed by atoms with Gasteiger partial charge >= 0.3 is 0 Å². The highest BCUT2D eigenvalue weighted by molar-refractivity contribution is 7.98. The Labute approximate surface area is 194 Å². The van der Waals surface area contributed by atoms with Crippen LogP contribution in [0.2, 0.25) is 0 Å². The van der Waals surface area contributed by atoms with E-state index in [1.807, 2.05) is 49.1 Å². The number of nitrogens with two attached hydrogens (primary N) is 1. The Kier molecular flexibility index (Phi) is 9.35.